The Morgan fingerprint density at radius 1 is 0.909 bits per heavy atom. The number of rotatable bonds is 6. The van der Waals surface area contributed by atoms with Crippen LogP contribution in [0.25, 0.3) is 0 Å². The van der Waals surface area contributed by atoms with Crippen LogP contribution in [0.1, 0.15) is 24.5 Å². The molecule has 0 atom stereocenters. The highest BCUT2D eigenvalue weighted by molar-refractivity contribution is 5.55. The molecule has 0 bridgehead atoms. The third-order valence-corrected chi connectivity index (χ3v) is 3.40. The van der Waals surface area contributed by atoms with Crippen molar-refractivity contribution in [1.82, 2.24) is 0 Å². The van der Waals surface area contributed by atoms with Gasteiger partial charge < -0.3 is 19.3 Å². The van der Waals surface area contributed by atoms with Gasteiger partial charge in [-0.3, -0.25) is 0 Å². The fourth-order valence-electron chi connectivity index (χ4n) is 2.28. The zero-order chi connectivity index (χ0) is 16.1. The van der Waals surface area contributed by atoms with Gasteiger partial charge in [0.15, 0.2) is 23.0 Å². The fourth-order valence-corrected chi connectivity index (χ4v) is 2.28. The zero-order valence-corrected chi connectivity index (χ0v) is 13.5. The van der Waals surface area contributed by atoms with Crippen LogP contribution in [-0.2, 0) is 6.42 Å². The first kappa shape index (κ1) is 16.0. The molecule has 2 rings (SSSR count). The first-order valence-electron chi connectivity index (χ1n) is 7.31. The van der Waals surface area contributed by atoms with Gasteiger partial charge in [0.25, 0.3) is 0 Å². The number of phenols is 1. The van der Waals surface area contributed by atoms with Crippen molar-refractivity contribution in [3.05, 3.63) is 41.5 Å². The van der Waals surface area contributed by atoms with Gasteiger partial charge in [0.1, 0.15) is 0 Å². The normalized spacial score (nSPS) is 10.4. The van der Waals surface area contributed by atoms with Gasteiger partial charge in [-0.2, -0.15) is 0 Å². The molecular weight excluding hydrogens is 280 g/mol. The van der Waals surface area contributed by atoms with Crippen molar-refractivity contribution < 1.29 is 19.3 Å². The number of ether oxygens (including phenoxy) is 3. The number of hydrogen-bond acceptors (Lipinski definition) is 4. The van der Waals surface area contributed by atoms with Gasteiger partial charge in [-0.05, 0) is 48.7 Å². The van der Waals surface area contributed by atoms with Crippen molar-refractivity contribution in [3.63, 3.8) is 0 Å². The van der Waals surface area contributed by atoms with Gasteiger partial charge >= 0.3 is 0 Å². The highest BCUT2D eigenvalue weighted by atomic mass is 16.5. The van der Waals surface area contributed by atoms with E-state index in [0.29, 0.717) is 23.0 Å². The van der Waals surface area contributed by atoms with E-state index in [4.69, 9.17) is 14.2 Å². The number of methoxy groups -OCH3 is 2. The summed E-state index contributed by atoms with van der Waals surface area (Å²) in [6.07, 6.45) is 1.89. The van der Waals surface area contributed by atoms with Crippen molar-refractivity contribution in [2.24, 2.45) is 0 Å². The maximum absolute atomic E-state index is 10.3. The van der Waals surface area contributed by atoms with Gasteiger partial charge in [0.05, 0.1) is 14.2 Å². The van der Waals surface area contributed by atoms with E-state index in [1.165, 1.54) is 7.11 Å². The van der Waals surface area contributed by atoms with Gasteiger partial charge in [-0.15, -0.1) is 0 Å². The first-order valence-corrected chi connectivity index (χ1v) is 7.31. The van der Waals surface area contributed by atoms with Crippen LogP contribution < -0.4 is 14.2 Å². The van der Waals surface area contributed by atoms with E-state index in [1.807, 2.05) is 37.3 Å². The summed E-state index contributed by atoms with van der Waals surface area (Å²) >= 11 is 0. The predicted molar refractivity (Wildman–Crippen MR) is 86.5 cm³/mol. The predicted octanol–water partition coefficient (Wildman–Crippen LogP) is 4.46. The Morgan fingerprint density at radius 2 is 1.59 bits per heavy atom. The summed E-state index contributed by atoms with van der Waals surface area (Å²) in [5, 5.41) is 10.3. The lowest BCUT2D eigenvalue weighted by atomic mass is 10.1. The smallest absolute Gasteiger partial charge is 0.201 e. The number of aromatic hydroxyl groups is 1. The Labute approximate surface area is 131 Å². The van der Waals surface area contributed by atoms with E-state index in [-0.39, 0.29) is 5.75 Å². The molecule has 0 amide bonds. The van der Waals surface area contributed by atoms with E-state index in [0.717, 1.165) is 24.0 Å². The van der Waals surface area contributed by atoms with Gasteiger partial charge in [0.2, 0.25) is 5.75 Å². The molecule has 0 saturated carbocycles. The number of benzene rings is 2. The van der Waals surface area contributed by atoms with Crippen molar-refractivity contribution in [3.8, 4) is 28.7 Å². The Bertz CT molecular complexity index is 650. The lowest BCUT2D eigenvalue weighted by Crippen LogP contribution is -1.95. The molecule has 118 valence electrons. The molecule has 0 fully saturated rings. The summed E-state index contributed by atoms with van der Waals surface area (Å²) < 4.78 is 16.4. The molecule has 0 aliphatic rings. The molecule has 0 saturated heterocycles. The zero-order valence-electron chi connectivity index (χ0n) is 13.5. The molecule has 0 spiro atoms. The Kier molecular flexibility index (Phi) is 5.15. The SMILES string of the molecule is CCCc1cc(OC)c(O)c(Oc2ccc(C)cc2OC)c1. The van der Waals surface area contributed by atoms with Gasteiger partial charge in [0, 0.05) is 0 Å². The van der Waals surface area contributed by atoms with Crippen LogP contribution in [-0.4, -0.2) is 19.3 Å². The summed E-state index contributed by atoms with van der Waals surface area (Å²) in [4.78, 5) is 0. The molecule has 1 N–H and O–H groups in total. The third kappa shape index (κ3) is 3.45. The Balaban J connectivity index is 2.42. The molecular formula is C18H22O4. The molecule has 22 heavy (non-hydrogen) atoms. The topological polar surface area (TPSA) is 47.9 Å². The van der Waals surface area contributed by atoms with Gasteiger partial charge in [-0.1, -0.05) is 19.4 Å². The second-order valence-corrected chi connectivity index (χ2v) is 5.15. The molecule has 4 heteroatoms. The molecule has 2 aromatic rings. The first-order chi connectivity index (χ1) is 10.6. The van der Waals surface area contributed by atoms with Crippen LogP contribution in [0.15, 0.2) is 30.3 Å². The van der Waals surface area contributed by atoms with E-state index in [2.05, 4.69) is 6.92 Å². The van der Waals surface area contributed by atoms with Gasteiger partial charge in [-0.25, -0.2) is 0 Å². The lowest BCUT2D eigenvalue weighted by molar-refractivity contribution is 0.343. The molecule has 2 aromatic carbocycles. The van der Waals surface area contributed by atoms with Crippen molar-refractivity contribution in [2.45, 2.75) is 26.7 Å². The summed E-state index contributed by atoms with van der Waals surface area (Å²) in [6, 6.07) is 9.31. The molecule has 0 radical (unpaired) electrons. The monoisotopic (exact) mass is 302 g/mol. The van der Waals surface area contributed by atoms with Crippen molar-refractivity contribution in [2.75, 3.05) is 14.2 Å². The number of phenolic OH excluding ortho intramolecular Hbond substituents is 1. The number of aryl methyl sites for hydroxylation is 2. The average Bonchev–Trinajstić information content (AvgIpc) is 2.52. The largest absolute Gasteiger partial charge is 0.502 e. The van der Waals surface area contributed by atoms with Crippen molar-refractivity contribution >= 4 is 0 Å². The van der Waals surface area contributed by atoms with Crippen LogP contribution >= 0.6 is 0 Å². The van der Waals surface area contributed by atoms with E-state index < -0.39 is 0 Å². The molecule has 4 nitrogen and oxygen atoms in total. The fraction of sp³-hybridized carbons (Fsp3) is 0.333. The van der Waals surface area contributed by atoms with Crippen LogP contribution in [0, 0.1) is 6.92 Å². The van der Waals surface area contributed by atoms with Crippen molar-refractivity contribution in [1.29, 1.82) is 0 Å². The standard InChI is InChI=1S/C18H22O4/c1-5-6-13-10-16(21-4)18(19)17(11-13)22-14-8-7-12(2)9-15(14)20-3/h7-11,19H,5-6H2,1-4H3. The maximum atomic E-state index is 10.3. The highest BCUT2D eigenvalue weighted by Crippen LogP contribution is 2.42. The van der Waals surface area contributed by atoms with Crippen LogP contribution in [0.3, 0.4) is 0 Å². The molecule has 0 aliphatic heterocycles. The minimum absolute atomic E-state index is 0.00928. The summed E-state index contributed by atoms with van der Waals surface area (Å²) in [7, 11) is 3.12. The highest BCUT2D eigenvalue weighted by Gasteiger charge is 2.14. The second kappa shape index (κ2) is 7.07. The van der Waals surface area contributed by atoms with Crippen LogP contribution in [0.2, 0.25) is 0 Å². The minimum Gasteiger partial charge on any atom is -0.502 e. The average molecular weight is 302 g/mol. The maximum Gasteiger partial charge on any atom is 0.201 e. The van der Waals surface area contributed by atoms with Crippen LogP contribution in [0.4, 0.5) is 0 Å². The Morgan fingerprint density at radius 3 is 2.23 bits per heavy atom. The van der Waals surface area contributed by atoms with E-state index in [9.17, 15) is 5.11 Å². The molecule has 0 unspecified atom stereocenters. The number of hydrogen-bond donors (Lipinski definition) is 1. The molecule has 0 aliphatic carbocycles. The molecule has 0 aromatic heterocycles. The summed E-state index contributed by atoms with van der Waals surface area (Å²) in [5.41, 5.74) is 2.13. The minimum atomic E-state index is -0.00928. The van der Waals surface area contributed by atoms with E-state index in [1.54, 1.807) is 7.11 Å². The van der Waals surface area contributed by atoms with Crippen LogP contribution in [0.5, 0.6) is 28.7 Å². The second-order valence-electron chi connectivity index (χ2n) is 5.15. The van der Waals surface area contributed by atoms with E-state index >= 15 is 0 Å². The summed E-state index contributed by atoms with van der Waals surface area (Å²) in [6.45, 7) is 4.08. The quantitative estimate of drug-likeness (QED) is 0.855. The lowest BCUT2D eigenvalue weighted by Gasteiger charge is -2.15. The molecule has 0 heterocycles. The third-order valence-electron chi connectivity index (χ3n) is 3.40. The Hall–Kier alpha value is -2.36. The summed E-state index contributed by atoms with van der Waals surface area (Å²) in [5.74, 6) is 1.94.